The molecule has 0 aromatic carbocycles. The van der Waals surface area contributed by atoms with E-state index in [0.29, 0.717) is 18.4 Å². The number of piperidine rings is 1. The van der Waals surface area contributed by atoms with Crippen molar-refractivity contribution in [3.8, 4) is 0 Å². The Balaban J connectivity index is 2.39. The SMILES string of the molecule is CCC(C)N1CCCC(CC(=O)O)C1. The maximum atomic E-state index is 10.6. The normalized spacial score (nSPS) is 26.0. The quantitative estimate of drug-likeness (QED) is 0.752. The molecule has 0 saturated carbocycles. The van der Waals surface area contributed by atoms with E-state index in [1.807, 2.05) is 0 Å². The summed E-state index contributed by atoms with van der Waals surface area (Å²) in [6.45, 7) is 6.53. The van der Waals surface area contributed by atoms with Crippen molar-refractivity contribution < 1.29 is 9.90 Å². The molecule has 0 aliphatic carbocycles. The van der Waals surface area contributed by atoms with Crippen molar-refractivity contribution in [2.24, 2.45) is 5.92 Å². The molecule has 0 bridgehead atoms. The standard InChI is InChI=1S/C11H21NO2/c1-3-9(2)12-6-4-5-10(8-12)7-11(13)14/h9-10H,3-8H2,1-2H3,(H,13,14). The van der Waals surface area contributed by atoms with Gasteiger partial charge in [-0.15, -0.1) is 0 Å². The van der Waals surface area contributed by atoms with Gasteiger partial charge >= 0.3 is 5.97 Å². The van der Waals surface area contributed by atoms with E-state index in [2.05, 4.69) is 18.7 Å². The second-order valence-corrected chi connectivity index (χ2v) is 4.36. The molecule has 1 aliphatic rings. The van der Waals surface area contributed by atoms with Crippen LogP contribution in [0, 0.1) is 5.92 Å². The van der Waals surface area contributed by atoms with Crippen LogP contribution in [-0.2, 0) is 4.79 Å². The summed E-state index contributed by atoms with van der Waals surface area (Å²) < 4.78 is 0. The maximum Gasteiger partial charge on any atom is 0.303 e. The predicted molar refractivity (Wildman–Crippen MR) is 56.3 cm³/mol. The van der Waals surface area contributed by atoms with Crippen molar-refractivity contribution in [3.05, 3.63) is 0 Å². The number of carboxylic acid groups (broad SMARTS) is 1. The molecular weight excluding hydrogens is 178 g/mol. The summed E-state index contributed by atoms with van der Waals surface area (Å²) in [4.78, 5) is 13.0. The summed E-state index contributed by atoms with van der Waals surface area (Å²) in [5.74, 6) is -0.281. The maximum absolute atomic E-state index is 10.6. The van der Waals surface area contributed by atoms with E-state index >= 15 is 0 Å². The Kier molecular flexibility index (Phi) is 4.39. The summed E-state index contributed by atoms with van der Waals surface area (Å²) in [6.07, 6.45) is 3.73. The number of hydrogen-bond acceptors (Lipinski definition) is 2. The third kappa shape index (κ3) is 3.29. The first-order chi connectivity index (χ1) is 6.63. The van der Waals surface area contributed by atoms with Gasteiger partial charge in [-0.25, -0.2) is 0 Å². The van der Waals surface area contributed by atoms with Gasteiger partial charge in [0.2, 0.25) is 0 Å². The first-order valence-electron chi connectivity index (χ1n) is 5.59. The first kappa shape index (κ1) is 11.5. The van der Waals surface area contributed by atoms with Gasteiger partial charge in [-0.2, -0.15) is 0 Å². The van der Waals surface area contributed by atoms with Crippen LogP contribution >= 0.6 is 0 Å². The zero-order valence-electron chi connectivity index (χ0n) is 9.20. The molecule has 1 fully saturated rings. The fraction of sp³-hybridized carbons (Fsp3) is 0.909. The molecule has 3 nitrogen and oxygen atoms in total. The summed E-state index contributed by atoms with van der Waals surface area (Å²) in [7, 11) is 0. The number of likely N-dealkylation sites (tertiary alicyclic amines) is 1. The van der Waals surface area contributed by atoms with Gasteiger partial charge in [-0.3, -0.25) is 4.79 Å². The van der Waals surface area contributed by atoms with E-state index in [1.54, 1.807) is 0 Å². The van der Waals surface area contributed by atoms with Gasteiger partial charge in [0.05, 0.1) is 0 Å². The van der Waals surface area contributed by atoms with Crippen LogP contribution in [0.4, 0.5) is 0 Å². The summed E-state index contributed by atoms with van der Waals surface area (Å²) in [5, 5.41) is 8.73. The fourth-order valence-electron chi connectivity index (χ4n) is 2.17. The second-order valence-electron chi connectivity index (χ2n) is 4.36. The highest BCUT2D eigenvalue weighted by Gasteiger charge is 2.24. The van der Waals surface area contributed by atoms with Crippen LogP contribution in [0.2, 0.25) is 0 Å². The highest BCUT2D eigenvalue weighted by Crippen LogP contribution is 2.21. The molecule has 14 heavy (non-hydrogen) atoms. The molecule has 82 valence electrons. The van der Waals surface area contributed by atoms with Gasteiger partial charge in [0.25, 0.3) is 0 Å². The molecule has 0 radical (unpaired) electrons. The Morgan fingerprint density at radius 1 is 1.64 bits per heavy atom. The minimum absolute atomic E-state index is 0.340. The predicted octanol–water partition coefficient (Wildman–Crippen LogP) is 1.97. The molecule has 3 heteroatoms. The molecule has 1 heterocycles. The Hall–Kier alpha value is -0.570. The van der Waals surface area contributed by atoms with Crippen LogP contribution in [0.5, 0.6) is 0 Å². The Morgan fingerprint density at radius 3 is 2.93 bits per heavy atom. The summed E-state index contributed by atoms with van der Waals surface area (Å²) >= 11 is 0. The third-order valence-corrected chi connectivity index (χ3v) is 3.23. The molecule has 1 saturated heterocycles. The molecular formula is C11H21NO2. The summed E-state index contributed by atoms with van der Waals surface area (Å²) in [6, 6.07) is 0.603. The van der Waals surface area contributed by atoms with Crippen LogP contribution in [-0.4, -0.2) is 35.1 Å². The van der Waals surface area contributed by atoms with E-state index in [-0.39, 0.29) is 0 Å². The number of hydrogen-bond donors (Lipinski definition) is 1. The van der Waals surface area contributed by atoms with E-state index in [9.17, 15) is 4.79 Å². The lowest BCUT2D eigenvalue weighted by molar-refractivity contribution is -0.138. The van der Waals surface area contributed by atoms with Crippen molar-refractivity contribution in [3.63, 3.8) is 0 Å². The zero-order valence-corrected chi connectivity index (χ0v) is 9.20. The van der Waals surface area contributed by atoms with Gasteiger partial charge in [0, 0.05) is 19.0 Å². The lowest BCUT2D eigenvalue weighted by Gasteiger charge is -2.36. The number of carbonyl (C=O) groups is 1. The second kappa shape index (κ2) is 5.35. The van der Waals surface area contributed by atoms with Crippen LogP contribution in [0.3, 0.4) is 0 Å². The molecule has 0 amide bonds. The molecule has 2 atom stereocenters. The van der Waals surface area contributed by atoms with Crippen LogP contribution in [0.25, 0.3) is 0 Å². The zero-order chi connectivity index (χ0) is 10.6. The van der Waals surface area contributed by atoms with Gasteiger partial charge in [-0.1, -0.05) is 6.92 Å². The van der Waals surface area contributed by atoms with E-state index in [1.165, 1.54) is 0 Å². The highest BCUT2D eigenvalue weighted by atomic mass is 16.4. The molecule has 0 aromatic heterocycles. The van der Waals surface area contributed by atoms with Crippen LogP contribution < -0.4 is 0 Å². The average Bonchev–Trinajstić information content (AvgIpc) is 2.16. The van der Waals surface area contributed by atoms with Crippen molar-refractivity contribution in [1.29, 1.82) is 0 Å². The Morgan fingerprint density at radius 2 is 2.36 bits per heavy atom. The van der Waals surface area contributed by atoms with Crippen molar-refractivity contribution >= 4 is 5.97 Å². The van der Waals surface area contributed by atoms with Gasteiger partial charge in [0.15, 0.2) is 0 Å². The topological polar surface area (TPSA) is 40.5 Å². The molecule has 1 rings (SSSR count). The van der Waals surface area contributed by atoms with Crippen LogP contribution in [0.15, 0.2) is 0 Å². The molecule has 0 aromatic rings. The number of rotatable bonds is 4. The molecule has 1 aliphatic heterocycles. The Bertz CT molecular complexity index is 194. The minimum Gasteiger partial charge on any atom is -0.481 e. The fourth-order valence-corrected chi connectivity index (χ4v) is 2.17. The monoisotopic (exact) mass is 199 g/mol. The molecule has 0 spiro atoms. The molecule has 1 N–H and O–H groups in total. The van der Waals surface area contributed by atoms with Gasteiger partial charge in [-0.05, 0) is 38.6 Å². The third-order valence-electron chi connectivity index (χ3n) is 3.23. The number of carboxylic acids is 1. The van der Waals surface area contributed by atoms with Crippen molar-refractivity contribution in [2.45, 2.75) is 45.6 Å². The van der Waals surface area contributed by atoms with Crippen molar-refractivity contribution in [1.82, 2.24) is 4.90 Å². The number of aliphatic carboxylic acids is 1. The van der Waals surface area contributed by atoms with E-state index in [4.69, 9.17) is 5.11 Å². The van der Waals surface area contributed by atoms with E-state index < -0.39 is 5.97 Å². The average molecular weight is 199 g/mol. The smallest absolute Gasteiger partial charge is 0.303 e. The lowest BCUT2D eigenvalue weighted by Crippen LogP contribution is -2.41. The lowest BCUT2D eigenvalue weighted by atomic mass is 9.93. The van der Waals surface area contributed by atoms with Gasteiger partial charge < -0.3 is 10.0 Å². The number of nitrogens with zero attached hydrogens (tertiary/aromatic N) is 1. The first-order valence-corrected chi connectivity index (χ1v) is 5.59. The Labute approximate surface area is 86.1 Å². The minimum atomic E-state index is -0.652. The van der Waals surface area contributed by atoms with Gasteiger partial charge in [0.1, 0.15) is 0 Å². The largest absolute Gasteiger partial charge is 0.481 e. The highest BCUT2D eigenvalue weighted by molar-refractivity contribution is 5.67. The molecule has 2 unspecified atom stereocenters. The van der Waals surface area contributed by atoms with Crippen LogP contribution in [0.1, 0.15) is 39.5 Å². The summed E-state index contributed by atoms with van der Waals surface area (Å²) in [5.41, 5.74) is 0. The van der Waals surface area contributed by atoms with E-state index in [0.717, 1.165) is 32.4 Å². The van der Waals surface area contributed by atoms with Crippen molar-refractivity contribution in [2.75, 3.05) is 13.1 Å².